The van der Waals surface area contributed by atoms with Crippen LogP contribution < -0.4 is 10.6 Å². The average molecular weight is 261 g/mol. The Labute approximate surface area is 104 Å². The second kappa shape index (κ2) is 5.95. The highest BCUT2D eigenvalue weighted by Gasteiger charge is 2.04. The first-order chi connectivity index (χ1) is 7.15. The zero-order chi connectivity index (χ0) is 11.3. The van der Waals surface area contributed by atoms with E-state index in [0.29, 0.717) is 27.4 Å². The van der Waals surface area contributed by atoms with Crippen LogP contribution in [-0.4, -0.2) is 11.7 Å². The van der Waals surface area contributed by atoms with Gasteiger partial charge in [-0.2, -0.15) is 0 Å². The summed E-state index contributed by atoms with van der Waals surface area (Å²) < 4.78 is 0. The highest BCUT2D eigenvalue weighted by Crippen LogP contribution is 2.29. The molecule has 0 fully saturated rings. The lowest BCUT2D eigenvalue weighted by Crippen LogP contribution is -2.28. The molecule has 0 bridgehead atoms. The summed E-state index contributed by atoms with van der Waals surface area (Å²) in [7, 11) is 0. The van der Waals surface area contributed by atoms with E-state index in [1.165, 1.54) is 0 Å². The molecular weight excluding hydrogens is 251 g/mol. The van der Waals surface area contributed by atoms with Crippen molar-refractivity contribution in [2.75, 3.05) is 11.9 Å². The fourth-order valence-corrected chi connectivity index (χ4v) is 1.47. The number of thiocarbonyl (C=S) groups is 1. The molecule has 0 aromatic heterocycles. The van der Waals surface area contributed by atoms with Crippen LogP contribution in [0.5, 0.6) is 0 Å². The van der Waals surface area contributed by atoms with Crippen LogP contribution in [0.1, 0.15) is 0 Å². The van der Waals surface area contributed by atoms with Gasteiger partial charge < -0.3 is 10.6 Å². The van der Waals surface area contributed by atoms with E-state index in [4.69, 9.17) is 35.4 Å². The molecule has 0 heterocycles. The highest BCUT2D eigenvalue weighted by atomic mass is 35.5. The van der Waals surface area contributed by atoms with Crippen LogP contribution >= 0.6 is 35.4 Å². The van der Waals surface area contributed by atoms with Gasteiger partial charge in [0.05, 0.1) is 15.7 Å². The molecular formula is C10H10Cl2N2S. The second-order valence-corrected chi connectivity index (χ2v) is 3.92. The van der Waals surface area contributed by atoms with Gasteiger partial charge in [-0.05, 0) is 24.4 Å². The van der Waals surface area contributed by atoms with Crippen molar-refractivity contribution >= 4 is 46.2 Å². The Balaban J connectivity index is 2.68. The topological polar surface area (TPSA) is 24.1 Å². The molecule has 0 radical (unpaired) electrons. The van der Waals surface area contributed by atoms with Crippen molar-refractivity contribution in [1.82, 2.24) is 5.32 Å². The molecule has 80 valence electrons. The fraction of sp³-hybridized carbons (Fsp3) is 0.100. The van der Waals surface area contributed by atoms with Crippen LogP contribution in [0.15, 0.2) is 30.9 Å². The summed E-state index contributed by atoms with van der Waals surface area (Å²) in [6.45, 7) is 4.18. The van der Waals surface area contributed by atoms with Crippen LogP contribution in [0.4, 0.5) is 5.69 Å². The van der Waals surface area contributed by atoms with Crippen LogP contribution in [-0.2, 0) is 0 Å². The van der Waals surface area contributed by atoms with Gasteiger partial charge in [-0.25, -0.2) is 0 Å². The maximum atomic E-state index is 5.97. The first-order valence-corrected chi connectivity index (χ1v) is 5.41. The normalized spacial score (nSPS) is 9.47. The molecule has 0 saturated carbocycles. The molecule has 0 saturated heterocycles. The standard InChI is InChI=1S/C10H10Cl2N2S/c1-2-6-13-10(15)14-8-5-3-4-7(11)9(8)12/h2-5H,1,6H2,(H2,13,14,15). The molecule has 0 aliphatic rings. The first kappa shape index (κ1) is 12.3. The summed E-state index contributed by atoms with van der Waals surface area (Å²) in [5.41, 5.74) is 0.686. The van der Waals surface area contributed by atoms with Gasteiger partial charge >= 0.3 is 0 Å². The number of hydrogen-bond acceptors (Lipinski definition) is 1. The Morgan fingerprint density at radius 1 is 1.47 bits per heavy atom. The van der Waals surface area contributed by atoms with Crippen molar-refractivity contribution < 1.29 is 0 Å². The van der Waals surface area contributed by atoms with Gasteiger partial charge in [0.25, 0.3) is 0 Å². The van der Waals surface area contributed by atoms with Crippen molar-refractivity contribution in [3.05, 3.63) is 40.9 Å². The highest BCUT2D eigenvalue weighted by molar-refractivity contribution is 7.80. The molecule has 2 N–H and O–H groups in total. The molecule has 0 aliphatic heterocycles. The second-order valence-electron chi connectivity index (χ2n) is 2.73. The molecule has 0 unspecified atom stereocenters. The third kappa shape index (κ3) is 3.70. The Bertz CT molecular complexity index is 380. The minimum absolute atomic E-state index is 0.460. The van der Waals surface area contributed by atoms with Gasteiger partial charge in [0.1, 0.15) is 0 Å². The van der Waals surface area contributed by atoms with E-state index in [1.807, 2.05) is 0 Å². The molecule has 0 amide bonds. The fourth-order valence-electron chi connectivity index (χ4n) is 0.932. The maximum absolute atomic E-state index is 5.97. The average Bonchev–Trinajstić information content (AvgIpc) is 2.22. The van der Waals surface area contributed by atoms with Gasteiger partial charge in [0, 0.05) is 6.54 Å². The number of benzene rings is 1. The number of rotatable bonds is 3. The molecule has 5 heteroatoms. The Morgan fingerprint density at radius 3 is 2.87 bits per heavy atom. The molecule has 0 aliphatic carbocycles. The molecule has 15 heavy (non-hydrogen) atoms. The van der Waals surface area contributed by atoms with E-state index in [-0.39, 0.29) is 0 Å². The lowest BCUT2D eigenvalue weighted by Gasteiger charge is -2.10. The van der Waals surface area contributed by atoms with Crippen LogP contribution in [0.25, 0.3) is 0 Å². The van der Waals surface area contributed by atoms with E-state index in [0.717, 1.165) is 0 Å². The third-order valence-corrected chi connectivity index (χ3v) is 2.67. The van der Waals surface area contributed by atoms with Gasteiger partial charge in [0.2, 0.25) is 0 Å². The minimum Gasteiger partial charge on any atom is -0.359 e. The number of anilines is 1. The predicted molar refractivity (Wildman–Crippen MR) is 70.9 cm³/mol. The van der Waals surface area contributed by atoms with Crippen molar-refractivity contribution in [3.63, 3.8) is 0 Å². The van der Waals surface area contributed by atoms with E-state index >= 15 is 0 Å². The number of halogens is 2. The summed E-state index contributed by atoms with van der Waals surface area (Å²) in [6.07, 6.45) is 1.72. The largest absolute Gasteiger partial charge is 0.359 e. The summed E-state index contributed by atoms with van der Waals surface area (Å²) in [5.74, 6) is 0. The van der Waals surface area contributed by atoms with E-state index in [9.17, 15) is 0 Å². The van der Waals surface area contributed by atoms with Gasteiger partial charge in [0.15, 0.2) is 5.11 Å². The summed E-state index contributed by atoms with van der Waals surface area (Å²) in [6, 6.07) is 5.32. The summed E-state index contributed by atoms with van der Waals surface area (Å²) >= 11 is 16.9. The maximum Gasteiger partial charge on any atom is 0.171 e. The van der Waals surface area contributed by atoms with Crippen molar-refractivity contribution in [1.29, 1.82) is 0 Å². The zero-order valence-corrected chi connectivity index (χ0v) is 10.2. The molecule has 0 atom stereocenters. The zero-order valence-electron chi connectivity index (χ0n) is 7.89. The molecule has 1 aromatic rings. The molecule has 2 nitrogen and oxygen atoms in total. The number of hydrogen-bond donors (Lipinski definition) is 2. The molecule has 1 aromatic carbocycles. The van der Waals surface area contributed by atoms with Crippen LogP contribution in [0.3, 0.4) is 0 Å². The van der Waals surface area contributed by atoms with Gasteiger partial charge in [-0.1, -0.05) is 35.3 Å². The quantitative estimate of drug-likeness (QED) is 0.643. The minimum atomic E-state index is 0.460. The lowest BCUT2D eigenvalue weighted by atomic mass is 10.3. The molecule has 0 spiro atoms. The van der Waals surface area contributed by atoms with E-state index < -0.39 is 0 Å². The number of nitrogens with one attached hydrogen (secondary N) is 2. The first-order valence-electron chi connectivity index (χ1n) is 4.25. The molecule has 1 rings (SSSR count). The van der Waals surface area contributed by atoms with Crippen molar-refractivity contribution in [3.8, 4) is 0 Å². The van der Waals surface area contributed by atoms with Crippen molar-refractivity contribution in [2.45, 2.75) is 0 Å². The smallest absolute Gasteiger partial charge is 0.171 e. The predicted octanol–water partition coefficient (Wildman–Crippen LogP) is 3.47. The van der Waals surface area contributed by atoms with Crippen molar-refractivity contribution in [2.24, 2.45) is 0 Å². The van der Waals surface area contributed by atoms with Crippen LogP contribution in [0, 0.1) is 0 Å². The lowest BCUT2D eigenvalue weighted by molar-refractivity contribution is 1.06. The van der Waals surface area contributed by atoms with E-state index in [1.54, 1.807) is 24.3 Å². The SMILES string of the molecule is C=CCNC(=S)Nc1cccc(Cl)c1Cl. The van der Waals surface area contributed by atoms with E-state index in [2.05, 4.69) is 17.2 Å². The van der Waals surface area contributed by atoms with Gasteiger partial charge in [-0.15, -0.1) is 6.58 Å². The Kier molecular flexibility index (Phi) is 4.88. The monoisotopic (exact) mass is 260 g/mol. The van der Waals surface area contributed by atoms with Gasteiger partial charge in [-0.3, -0.25) is 0 Å². The summed E-state index contributed by atoms with van der Waals surface area (Å²) in [5, 5.41) is 7.31. The third-order valence-electron chi connectivity index (χ3n) is 1.61. The summed E-state index contributed by atoms with van der Waals surface area (Å²) in [4.78, 5) is 0. The van der Waals surface area contributed by atoms with Crippen LogP contribution in [0.2, 0.25) is 10.0 Å². The Morgan fingerprint density at radius 2 is 2.20 bits per heavy atom. The Hall–Kier alpha value is -0.770.